The molecule has 92 valence electrons. The first-order valence-corrected chi connectivity index (χ1v) is 7.33. The molecule has 3 heteroatoms. The van der Waals surface area contributed by atoms with E-state index < -0.39 is 0 Å². The lowest BCUT2D eigenvalue weighted by Gasteiger charge is -2.21. The van der Waals surface area contributed by atoms with Gasteiger partial charge in [-0.3, -0.25) is 0 Å². The second-order valence-electron chi connectivity index (χ2n) is 4.66. The minimum Gasteiger partial charge on any atom is -0.380 e. The Morgan fingerprint density at radius 3 is 2.75 bits per heavy atom. The normalized spacial score (nSPS) is 19.2. The van der Waals surface area contributed by atoms with Gasteiger partial charge in [0.2, 0.25) is 0 Å². The number of nitrogens with zero attached hydrogens (tertiary/aromatic N) is 1. The van der Waals surface area contributed by atoms with Gasteiger partial charge in [-0.15, -0.1) is 0 Å². The van der Waals surface area contributed by atoms with Crippen LogP contribution in [0.1, 0.15) is 51.4 Å². The molecule has 0 aromatic heterocycles. The van der Waals surface area contributed by atoms with Crippen molar-refractivity contribution in [2.45, 2.75) is 56.2 Å². The van der Waals surface area contributed by atoms with Crippen molar-refractivity contribution in [1.29, 1.82) is 5.26 Å². The van der Waals surface area contributed by atoms with Gasteiger partial charge in [0.05, 0.1) is 12.7 Å². The fourth-order valence-corrected chi connectivity index (χ4v) is 2.66. The molecule has 1 fully saturated rings. The number of hydrogen-bond donors (Lipinski definition) is 0. The molecular formula is C13H22BrNO. The molecule has 2 nitrogen and oxygen atoms in total. The Bertz CT molecular complexity index is 208. The molecule has 1 aliphatic carbocycles. The Morgan fingerprint density at radius 2 is 2.06 bits per heavy atom. The fourth-order valence-electron chi connectivity index (χ4n) is 2.24. The van der Waals surface area contributed by atoms with Gasteiger partial charge in [0, 0.05) is 17.9 Å². The standard InChI is InChI=1S/C13H22BrNO/c14-13(7-4-9-15)11-16-10-8-12-5-2-1-3-6-12/h12-13H,1-8,10-11H2. The molecule has 1 unspecified atom stereocenters. The third-order valence-corrected chi connectivity index (χ3v) is 3.99. The third-order valence-electron chi connectivity index (χ3n) is 3.26. The van der Waals surface area contributed by atoms with Crippen molar-refractivity contribution in [3.63, 3.8) is 0 Å². The molecule has 0 saturated heterocycles. The quantitative estimate of drug-likeness (QED) is 0.523. The maximum absolute atomic E-state index is 8.45. The minimum atomic E-state index is 0.346. The molecule has 1 atom stereocenters. The number of rotatable bonds is 7. The van der Waals surface area contributed by atoms with Gasteiger partial charge < -0.3 is 4.74 Å². The van der Waals surface area contributed by atoms with Gasteiger partial charge in [-0.2, -0.15) is 5.26 Å². The molecule has 0 aromatic carbocycles. The Kier molecular flexibility index (Phi) is 7.88. The van der Waals surface area contributed by atoms with Gasteiger partial charge in [-0.25, -0.2) is 0 Å². The Labute approximate surface area is 107 Å². The van der Waals surface area contributed by atoms with Crippen LogP contribution in [0.2, 0.25) is 0 Å². The van der Waals surface area contributed by atoms with Crippen molar-refractivity contribution < 1.29 is 4.74 Å². The molecule has 16 heavy (non-hydrogen) atoms. The summed E-state index contributed by atoms with van der Waals surface area (Å²) in [4.78, 5) is 0.346. The second-order valence-corrected chi connectivity index (χ2v) is 5.96. The Hall–Kier alpha value is -0.0700. The summed E-state index contributed by atoms with van der Waals surface area (Å²) in [5, 5.41) is 8.45. The summed E-state index contributed by atoms with van der Waals surface area (Å²) >= 11 is 3.53. The Balaban J connectivity index is 1.92. The highest BCUT2D eigenvalue weighted by atomic mass is 79.9. The van der Waals surface area contributed by atoms with Crippen LogP contribution in [-0.2, 0) is 4.74 Å². The molecule has 0 heterocycles. The van der Waals surface area contributed by atoms with Crippen molar-refractivity contribution in [3.8, 4) is 6.07 Å². The summed E-state index contributed by atoms with van der Waals surface area (Å²) in [6, 6.07) is 2.16. The predicted molar refractivity (Wildman–Crippen MR) is 69.6 cm³/mol. The molecule has 0 N–H and O–H groups in total. The van der Waals surface area contributed by atoms with E-state index in [1.807, 2.05) is 0 Å². The minimum absolute atomic E-state index is 0.346. The first-order valence-electron chi connectivity index (χ1n) is 6.41. The van der Waals surface area contributed by atoms with E-state index in [0.29, 0.717) is 11.2 Å². The summed E-state index contributed by atoms with van der Waals surface area (Å²) in [6.45, 7) is 1.63. The monoisotopic (exact) mass is 287 g/mol. The molecule has 0 radical (unpaired) electrons. The van der Waals surface area contributed by atoms with Crippen molar-refractivity contribution in [1.82, 2.24) is 0 Å². The second kappa shape index (κ2) is 9.01. The van der Waals surface area contributed by atoms with Crippen LogP contribution in [0.15, 0.2) is 0 Å². The van der Waals surface area contributed by atoms with Crippen molar-refractivity contribution in [2.75, 3.05) is 13.2 Å². The van der Waals surface area contributed by atoms with Crippen molar-refractivity contribution >= 4 is 15.9 Å². The number of ether oxygens (including phenoxy) is 1. The van der Waals surface area contributed by atoms with E-state index in [-0.39, 0.29) is 0 Å². The number of nitriles is 1. The van der Waals surface area contributed by atoms with Crippen LogP contribution in [0.3, 0.4) is 0 Å². The smallest absolute Gasteiger partial charge is 0.0622 e. The molecule has 0 aliphatic heterocycles. The zero-order valence-corrected chi connectivity index (χ0v) is 11.5. The molecule has 0 amide bonds. The zero-order valence-electron chi connectivity index (χ0n) is 9.96. The largest absolute Gasteiger partial charge is 0.380 e. The van der Waals surface area contributed by atoms with Crippen LogP contribution < -0.4 is 0 Å². The van der Waals surface area contributed by atoms with Crippen LogP contribution in [-0.4, -0.2) is 18.0 Å². The number of alkyl halides is 1. The molecule has 1 saturated carbocycles. The van der Waals surface area contributed by atoms with Crippen LogP contribution in [0.4, 0.5) is 0 Å². The molecule has 1 rings (SSSR count). The Morgan fingerprint density at radius 1 is 1.31 bits per heavy atom. The van der Waals surface area contributed by atoms with Crippen molar-refractivity contribution in [2.24, 2.45) is 5.92 Å². The third kappa shape index (κ3) is 6.50. The summed E-state index contributed by atoms with van der Waals surface area (Å²) in [5.74, 6) is 0.904. The van der Waals surface area contributed by atoms with E-state index in [4.69, 9.17) is 10.00 Å². The lowest BCUT2D eigenvalue weighted by molar-refractivity contribution is 0.114. The van der Waals surface area contributed by atoms with Gasteiger partial charge in [-0.1, -0.05) is 48.0 Å². The first kappa shape index (κ1) is 14.0. The highest BCUT2D eigenvalue weighted by molar-refractivity contribution is 9.09. The molecule has 0 aromatic rings. The molecule has 0 bridgehead atoms. The van der Waals surface area contributed by atoms with Crippen LogP contribution >= 0.6 is 15.9 Å². The van der Waals surface area contributed by atoms with Crippen LogP contribution in [0.5, 0.6) is 0 Å². The van der Waals surface area contributed by atoms with E-state index in [9.17, 15) is 0 Å². The lowest BCUT2D eigenvalue weighted by atomic mass is 9.87. The molecular weight excluding hydrogens is 266 g/mol. The van der Waals surface area contributed by atoms with Gasteiger partial charge in [-0.05, 0) is 18.8 Å². The van der Waals surface area contributed by atoms with Gasteiger partial charge >= 0.3 is 0 Å². The average Bonchev–Trinajstić information content (AvgIpc) is 2.33. The van der Waals surface area contributed by atoms with Crippen LogP contribution in [0, 0.1) is 17.2 Å². The molecule has 1 aliphatic rings. The van der Waals surface area contributed by atoms with E-state index in [1.165, 1.54) is 38.5 Å². The van der Waals surface area contributed by atoms with Crippen LogP contribution in [0.25, 0.3) is 0 Å². The van der Waals surface area contributed by atoms with E-state index in [0.717, 1.165) is 25.6 Å². The summed E-state index contributed by atoms with van der Waals surface area (Å²) in [6.07, 6.45) is 9.77. The summed E-state index contributed by atoms with van der Waals surface area (Å²) in [5.41, 5.74) is 0. The average molecular weight is 288 g/mol. The first-order chi connectivity index (χ1) is 7.83. The SMILES string of the molecule is N#CCCC(Br)COCCC1CCCCC1. The predicted octanol–water partition coefficient (Wildman–Crippen LogP) is 4.04. The highest BCUT2D eigenvalue weighted by Crippen LogP contribution is 2.26. The van der Waals surface area contributed by atoms with Crippen molar-refractivity contribution in [3.05, 3.63) is 0 Å². The number of hydrogen-bond acceptors (Lipinski definition) is 2. The number of halogens is 1. The fraction of sp³-hybridized carbons (Fsp3) is 0.923. The van der Waals surface area contributed by atoms with Gasteiger partial charge in [0.15, 0.2) is 0 Å². The maximum Gasteiger partial charge on any atom is 0.0622 e. The van der Waals surface area contributed by atoms with E-state index in [1.54, 1.807) is 0 Å². The van der Waals surface area contributed by atoms with Gasteiger partial charge in [0.25, 0.3) is 0 Å². The maximum atomic E-state index is 8.45. The van der Waals surface area contributed by atoms with E-state index >= 15 is 0 Å². The lowest BCUT2D eigenvalue weighted by Crippen LogP contribution is -2.13. The summed E-state index contributed by atoms with van der Waals surface area (Å²) < 4.78 is 5.64. The topological polar surface area (TPSA) is 33.0 Å². The van der Waals surface area contributed by atoms with Gasteiger partial charge in [0.1, 0.15) is 0 Å². The highest BCUT2D eigenvalue weighted by Gasteiger charge is 2.13. The summed E-state index contributed by atoms with van der Waals surface area (Å²) in [7, 11) is 0. The molecule has 0 spiro atoms. The van der Waals surface area contributed by atoms with E-state index in [2.05, 4.69) is 22.0 Å². The zero-order chi connectivity index (χ0) is 11.6.